The molecule has 1 rings (SSSR count). The minimum absolute atomic E-state index is 0.443. The van der Waals surface area contributed by atoms with E-state index in [4.69, 9.17) is 0 Å². The normalized spacial score (nSPS) is 12.6. The highest BCUT2D eigenvalue weighted by molar-refractivity contribution is 5.45. The maximum atomic E-state index is 10.5. The van der Waals surface area contributed by atoms with Crippen molar-refractivity contribution in [3.8, 4) is 5.75 Å². The van der Waals surface area contributed by atoms with E-state index >= 15 is 0 Å². The van der Waals surface area contributed by atoms with Gasteiger partial charge in [0.15, 0.2) is 0 Å². The van der Waals surface area contributed by atoms with Crippen molar-refractivity contribution in [2.24, 2.45) is 0 Å². The molecule has 0 bridgehead atoms. The number of hydrogen-bond acceptors (Lipinski definition) is 1. The zero-order valence-electron chi connectivity index (χ0n) is 13.8. The first kappa shape index (κ1) is 17.1. The van der Waals surface area contributed by atoms with Crippen LogP contribution >= 0.6 is 0 Å². The van der Waals surface area contributed by atoms with E-state index in [0.29, 0.717) is 11.7 Å². The lowest BCUT2D eigenvalue weighted by molar-refractivity contribution is 0.452. The number of unbranched alkanes of at least 4 members (excludes halogenated alkanes) is 5. The maximum absolute atomic E-state index is 10.5. The quantitative estimate of drug-likeness (QED) is 0.539. The monoisotopic (exact) mass is 276 g/mol. The molecule has 114 valence electrons. The zero-order chi connectivity index (χ0) is 15.0. The molecular weight excluding hydrogens is 244 g/mol. The fraction of sp³-hybridized carbons (Fsp3) is 0.684. The number of aromatic hydroxyl groups is 1. The van der Waals surface area contributed by atoms with Crippen molar-refractivity contribution in [2.45, 2.75) is 85.0 Å². The molecule has 20 heavy (non-hydrogen) atoms. The Hall–Kier alpha value is -0.980. The van der Waals surface area contributed by atoms with Crippen LogP contribution in [0.1, 0.15) is 88.3 Å². The second-order valence-corrected chi connectivity index (χ2v) is 6.19. The Morgan fingerprint density at radius 1 is 1.00 bits per heavy atom. The average molecular weight is 276 g/mol. The third kappa shape index (κ3) is 5.19. The second kappa shape index (κ2) is 9.05. The molecule has 1 heteroatoms. The van der Waals surface area contributed by atoms with Crippen molar-refractivity contribution in [2.75, 3.05) is 0 Å². The van der Waals surface area contributed by atoms with Crippen LogP contribution in [0.15, 0.2) is 12.1 Å². The summed E-state index contributed by atoms with van der Waals surface area (Å²) in [6.07, 6.45) is 9.92. The topological polar surface area (TPSA) is 20.2 Å². The molecule has 0 aliphatic carbocycles. The van der Waals surface area contributed by atoms with E-state index in [0.717, 1.165) is 24.0 Å². The Morgan fingerprint density at radius 3 is 2.30 bits per heavy atom. The van der Waals surface area contributed by atoms with E-state index in [1.807, 2.05) is 0 Å². The van der Waals surface area contributed by atoms with E-state index in [2.05, 4.69) is 39.8 Å². The van der Waals surface area contributed by atoms with Crippen molar-refractivity contribution < 1.29 is 5.11 Å². The zero-order valence-corrected chi connectivity index (χ0v) is 13.8. The van der Waals surface area contributed by atoms with Gasteiger partial charge >= 0.3 is 0 Å². The van der Waals surface area contributed by atoms with Gasteiger partial charge in [-0.05, 0) is 43.2 Å². The summed E-state index contributed by atoms with van der Waals surface area (Å²) in [5.74, 6) is 0.997. The summed E-state index contributed by atoms with van der Waals surface area (Å²) in [7, 11) is 0. The molecule has 0 spiro atoms. The molecule has 1 aromatic rings. The van der Waals surface area contributed by atoms with Gasteiger partial charge in [0, 0.05) is 0 Å². The van der Waals surface area contributed by atoms with Gasteiger partial charge in [-0.3, -0.25) is 0 Å². The minimum Gasteiger partial charge on any atom is -0.507 e. The van der Waals surface area contributed by atoms with Crippen LogP contribution in [0.5, 0.6) is 5.75 Å². The highest BCUT2D eigenvalue weighted by atomic mass is 16.3. The lowest BCUT2D eigenvalue weighted by Crippen LogP contribution is -1.97. The SMILES string of the molecule is CCCCCCCCc1cc(C)cc(C(C)CC)c1O. The third-order valence-electron chi connectivity index (χ3n) is 4.31. The van der Waals surface area contributed by atoms with Gasteiger partial charge in [-0.2, -0.15) is 0 Å². The predicted molar refractivity (Wildman–Crippen MR) is 88.6 cm³/mol. The van der Waals surface area contributed by atoms with Gasteiger partial charge in [0.2, 0.25) is 0 Å². The predicted octanol–water partition coefficient (Wildman–Crippen LogP) is 6.12. The summed E-state index contributed by atoms with van der Waals surface area (Å²) in [5.41, 5.74) is 3.56. The summed E-state index contributed by atoms with van der Waals surface area (Å²) in [6, 6.07) is 4.31. The van der Waals surface area contributed by atoms with Crippen molar-refractivity contribution >= 4 is 0 Å². The molecule has 1 N–H and O–H groups in total. The molecule has 0 heterocycles. The third-order valence-corrected chi connectivity index (χ3v) is 4.31. The maximum Gasteiger partial charge on any atom is 0.122 e. The van der Waals surface area contributed by atoms with Crippen LogP contribution in [-0.4, -0.2) is 5.11 Å². The fourth-order valence-electron chi connectivity index (χ4n) is 2.77. The molecule has 0 aromatic heterocycles. The van der Waals surface area contributed by atoms with Crippen molar-refractivity contribution in [1.82, 2.24) is 0 Å². The summed E-state index contributed by atoms with van der Waals surface area (Å²) in [5, 5.41) is 10.5. The first-order chi connectivity index (χ1) is 9.60. The minimum atomic E-state index is 0.443. The van der Waals surface area contributed by atoms with Crippen molar-refractivity contribution in [3.05, 3.63) is 28.8 Å². The van der Waals surface area contributed by atoms with Crippen LogP contribution in [0.2, 0.25) is 0 Å². The number of aryl methyl sites for hydroxylation is 2. The second-order valence-electron chi connectivity index (χ2n) is 6.19. The van der Waals surface area contributed by atoms with Crippen LogP contribution in [0, 0.1) is 6.92 Å². The van der Waals surface area contributed by atoms with Crippen LogP contribution in [0.25, 0.3) is 0 Å². The lowest BCUT2D eigenvalue weighted by atomic mass is 9.92. The number of hydrogen-bond donors (Lipinski definition) is 1. The van der Waals surface area contributed by atoms with Crippen LogP contribution in [-0.2, 0) is 6.42 Å². The largest absolute Gasteiger partial charge is 0.507 e. The smallest absolute Gasteiger partial charge is 0.122 e. The molecule has 1 unspecified atom stereocenters. The number of phenolic OH excluding ortho intramolecular Hbond substituents is 1. The Morgan fingerprint density at radius 2 is 1.65 bits per heavy atom. The highest BCUT2D eigenvalue weighted by Gasteiger charge is 2.13. The molecule has 0 saturated carbocycles. The molecule has 1 atom stereocenters. The number of phenols is 1. The fourth-order valence-corrected chi connectivity index (χ4v) is 2.77. The van der Waals surface area contributed by atoms with Gasteiger partial charge in [-0.1, -0.05) is 70.6 Å². The van der Waals surface area contributed by atoms with E-state index in [-0.39, 0.29) is 0 Å². The van der Waals surface area contributed by atoms with E-state index < -0.39 is 0 Å². The van der Waals surface area contributed by atoms with Gasteiger partial charge < -0.3 is 5.11 Å². The van der Waals surface area contributed by atoms with E-state index in [9.17, 15) is 5.11 Å². The van der Waals surface area contributed by atoms with Gasteiger partial charge in [0.1, 0.15) is 5.75 Å². The lowest BCUT2D eigenvalue weighted by Gasteiger charge is -2.16. The Bertz CT molecular complexity index is 395. The molecular formula is C19H32O. The van der Waals surface area contributed by atoms with Gasteiger partial charge in [0.05, 0.1) is 0 Å². The summed E-state index contributed by atoms with van der Waals surface area (Å²) >= 11 is 0. The molecule has 1 aromatic carbocycles. The molecule has 0 amide bonds. The summed E-state index contributed by atoms with van der Waals surface area (Å²) in [4.78, 5) is 0. The van der Waals surface area contributed by atoms with Gasteiger partial charge in [-0.15, -0.1) is 0 Å². The van der Waals surface area contributed by atoms with Crippen molar-refractivity contribution in [3.63, 3.8) is 0 Å². The molecule has 1 nitrogen and oxygen atoms in total. The summed E-state index contributed by atoms with van der Waals surface area (Å²) in [6.45, 7) is 8.76. The Kier molecular flexibility index (Phi) is 7.72. The summed E-state index contributed by atoms with van der Waals surface area (Å²) < 4.78 is 0. The Labute approximate surface area is 125 Å². The molecule has 0 aliphatic rings. The number of rotatable bonds is 9. The molecule has 0 saturated heterocycles. The van der Waals surface area contributed by atoms with Crippen LogP contribution in [0.3, 0.4) is 0 Å². The molecule has 0 fully saturated rings. The van der Waals surface area contributed by atoms with E-state index in [1.165, 1.54) is 44.1 Å². The first-order valence-corrected chi connectivity index (χ1v) is 8.42. The average Bonchev–Trinajstić information content (AvgIpc) is 2.44. The van der Waals surface area contributed by atoms with E-state index in [1.54, 1.807) is 0 Å². The standard InChI is InChI=1S/C19H32O/c1-5-7-8-9-10-11-12-17-13-15(3)14-18(19(17)20)16(4)6-2/h13-14,16,20H,5-12H2,1-4H3. The van der Waals surface area contributed by atoms with Crippen LogP contribution < -0.4 is 0 Å². The molecule has 0 aliphatic heterocycles. The molecule has 0 radical (unpaired) electrons. The Balaban J connectivity index is 2.59. The van der Waals surface area contributed by atoms with Crippen molar-refractivity contribution in [1.29, 1.82) is 0 Å². The van der Waals surface area contributed by atoms with Gasteiger partial charge in [0.25, 0.3) is 0 Å². The first-order valence-electron chi connectivity index (χ1n) is 8.42. The van der Waals surface area contributed by atoms with Gasteiger partial charge in [-0.25, -0.2) is 0 Å². The number of benzene rings is 1. The highest BCUT2D eigenvalue weighted by Crippen LogP contribution is 2.33. The van der Waals surface area contributed by atoms with Crippen LogP contribution in [0.4, 0.5) is 0 Å².